The number of nitrogens with zero attached hydrogens (tertiary/aromatic N) is 3. The molecule has 0 saturated heterocycles. The molecule has 1 aromatic rings. The van der Waals surface area contributed by atoms with E-state index in [-0.39, 0.29) is 29.9 Å². The first-order valence-corrected chi connectivity index (χ1v) is 3.44. The number of nitro groups is 1. The molecule has 0 amide bonds. The van der Waals surface area contributed by atoms with E-state index >= 15 is 0 Å². The van der Waals surface area contributed by atoms with E-state index < -0.39 is 4.92 Å². The summed E-state index contributed by atoms with van der Waals surface area (Å²) in [4.78, 5) is 13.6. The third-order valence-corrected chi connectivity index (χ3v) is 1.54. The lowest BCUT2D eigenvalue weighted by atomic mass is 10.6. The fraction of sp³-hybridized carbons (Fsp3) is 0.500. The third kappa shape index (κ3) is 2.36. The SMILES string of the molecule is Cc1ncc([N+](=O)[O-])n1CCO.[SiH4]. The average molecular weight is 203 g/mol. The number of rotatable bonds is 3. The molecule has 1 N–H and O–H groups in total. The summed E-state index contributed by atoms with van der Waals surface area (Å²) in [6.07, 6.45) is 1.19. The van der Waals surface area contributed by atoms with Crippen LogP contribution in [0.2, 0.25) is 0 Å². The Balaban J connectivity index is 0.00000144. The Kier molecular flexibility index (Phi) is 4.28. The molecule has 0 spiro atoms. The largest absolute Gasteiger partial charge is 0.392 e. The van der Waals surface area contributed by atoms with Gasteiger partial charge in [0, 0.05) is 6.92 Å². The van der Waals surface area contributed by atoms with E-state index in [2.05, 4.69) is 4.98 Å². The molecular formula is C6H13N3O3Si. The predicted molar refractivity (Wildman–Crippen MR) is 52.0 cm³/mol. The summed E-state index contributed by atoms with van der Waals surface area (Å²) in [6.45, 7) is 1.74. The Morgan fingerprint density at radius 1 is 1.77 bits per heavy atom. The van der Waals surface area contributed by atoms with Crippen molar-refractivity contribution in [3.05, 3.63) is 22.1 Å². The lowest BCUT2D eigenvalue weighted by Crippen LogP contribution is -2.07. The number of aromatic nitrogens is 2. The normalized spacial score (nSPS) is 9.38. The van der Waals surface area contributed by atoms with Crippen molar-refractivity contribution >= 4 is 16.8 Å². The van der Waals surface area contributed by atoms with Gasteiger partial charge in [-0.1, -0.05) is 0 Å². The highest BCUT2D eigenvalue weighted by Gasteiger charge is 2.15. The lowest BCUT2D eigenvalue weighted by molar-refractivity contribution is -0.392. The molecule has 0 bridgehead atoms. The van der Waals surface area contributed by atoms with Gasteiger partial charge in [-0.05, 0) is 15.9 Å². The minimum Gasteiger partial charge on any atom is -0.392 e. The van der Waals surface area contributed by atoms with Gasteiger partial charge in [0.15, 0.2) is 5.82 Å². The van der Waals surface area contributed by atoms with Crippen LogP contribution in [0.5, 0.6) is 0 Å². The van der Waals surface area contributed by atoms with Gasteiger partial charge < -0.3 is 15.2 Å². The summed E-state index contributed by atoms with van der Waals surface area (Å²) in [6, 6.07) is 0. The lowest BCUT2D eigenvalue weighted by Gasteiger charge is -1.98. The van der Waals surface area contributed by atoms with Crippen LogP contribution in [0.4, 0.5) is 5.82 Å². The van der Waals surface area contributed by atoms with Gasteiger partial charge >= 0.3 is 5.82 Å². The van der Waals surface area contributed by atoms with Crippen LogP contribution in [-0.2, 0) is 6.54 Å². The minimum atomic E-state index is -0.518. The van der Waals surface area contributed by atoms with Gasteiger partial charge in [-0.3, -0.25) is 0 Å². The second kappa shape index (κ2) is 4.73. The highest BCUT2D eigenvalue weighted by molar-refractivity contribution is 5.75. The van der Waals surface area contributed by atoms with E-state index in [0.717, 1.165) is 0 Å². The first kappa shape index (κ1) is 11.8. The number of aliphatic hydroxyl groups excluding tert-OH is 1. The molecular weight excluding hydrogens is 190 g/mol. The maximum atomic E-state index is 10.4. The van der Waals surface area contributed by atoms with Crippen molar-refractivity contribution in [2.75, 3.05) is 6.61 Å². The summed E-state index contributed by atoms with van der Waals surface area (Å²) >= 11 is 0. The van der Waals surface area contributed by atoms with E-state index in [4.69, 9.17) is 5.11 Å². The zero-order valence-corrected chi connectivity index (χ0v) is 6.60. The molecule has 1 aromatic heterocycles. The van der Waals surface area contributed by atoms with Gasteiger partial charge in [0.25, 0.3) is 0 Å². The molecule has 1 rings (SSSR count). The summed E-state index contributed by atoms with van der Waals surface area (Å²) in [5, 5.41) is 19.0. The standard InChI is InChI=1S/C6H9N3O3.H4Si/c1-5-7-4-6(9(11)12)8(5)2-3-10;/h4,10H,2-3H2,1H3;1H4. The number of aryl methyl sites for hydroxylation is 1. The van der Waals surface area contributed by atoms with Crippen LogP contribution in [0.3, 0.4) is 0 Å². The van der Waals surface area contributed by atoms with Gasteiger partial charge in [-0.15, -0.1) is 0 Å². The molecule has 7 heteroatoms. The van der Waals surface area contributed by atoms with Crippen molar-refractivity contribution in [3.63, 3.8) is 0 Å². The monoisotopic (exact) mass is 203 g/mol. The molecule has 0 aliphatic rings. The van der Waals surface area contributed by atoms with Crippen molar-refractivity contribution in [3.8, 4) is 0 Å². The maximum Gasteiger partial charge on any atom is 0.342 e. The molecule has 0 saturated carbocycles. The number of imidazole rings is 1. The first-order valence-electron chi connectivity index (χ1n) is 3.44. The molecule has 0 radical (unpaired) electrons. The Morgan fingerprint density at radius 2 is 2.38 bits per heavy atom. The summed E-state index contributed by atoms with van der Waals surface area (Å²) in [7, 11) is 0. The fourth-order valence-electron chi connectivity index (χ4n) is 0.978. The molecule has 0 aliphatic heterocycles. The summed E-state index contributed by atoms with van der Waals surface area (Å²) < 4.78 is 1.36. The van der Waals surface area contributed by atoms with Crippen molar-refractivity contribution in [2.45, 2.75) is 13.5 Å². The smallest absolute Gasteiger partial charge is 0.342 e. The van der Waals surface area contributed by atoms with E-state index in [1.807, 2.05) is 0 Å². The number of hydrogen-bond donors (Lipinski definition) is 1. The Hall–Kier alpha value is -1.21. The predicted octanol–water partition coefficient (Wildman–Crippen LogP) is -1.36. The average Bonchev–Trinajstić information content (AvgIpc) is 2.34. The van der Waals surface area contributed by atoms with Gasteiger partial charge in [0.1, 0.15) is 12.7 Å². The fourth-order valence-corrected chi connectivity index (χ4v) is 0.978. The van der Waals surface area contributed by atoms with Crippen LogP contribution < -0.4 is 0 Å². The summed E-state index contributed by atoms with van der Waals surface area (Å²) in [5.74, 6) is 0.456. The van der Waals surface area contributed by atoms with Crippen LogP contribution >= 0.6 is 0 Å². The molecule has 0 fully saturated rings. The van der Waals surface area contributed by atoms with Gasteiger partial charge in [-0.2, -0.15) is 0 Å². The van der Waals surface area contributed by atoms with E-state index in [9.17, 15) is 10.1 Å². The van der Waals surface area contributed by atoms with Crippen molar-refractivity contribution < 1.29 is 10.0 Å². The Bertz CT molecular complexity index is 299. The van der Waals surface area contributed by atoms with Crippen LogP contribution in [0.25, 0.3) is 0 Å². The van der Waals surface area contributed by atoms with Crippen molar-refractivity contribution in [1.82, 2.24) is 9.55 Å². The minimum absolute atomic E-state index is 0. The highest BCUT2D eigenvalue weighted by atomic mass is 28.1. The second-order valence-corrected chi connectivity index (χ2v) is 2.30. The van der Waals surface area contributed by atoms with E-state index in [1.165, 1.54) is 10.8 Å². The third-order valence-electron chi connectivity index (χ3n) is 1.54. The van der Waals surface area contributed by atoms with Gasteiger partial charge in [0.2, 0.25) is 0 Å². The zero-order chi connectivity index (χ0) is 9.14. The number of hydrogen-bond acceptors (Lipinski definition) is 4. The summed E-state index contributed by atoms with van der Waals surface area (Å²) in [5.41, 5.74) is 0. The zero-order valence-electron chi connectivity index (χ0n) is 6.60. The molecule has 0 atom stereocenters. The molecule has 0 aliphatic carbocycles. The van der Waals surface area contributed by atoms with Gasteiger partial charge in [-0.25, -0.2) is 9.55 Å². The van der Waals surface area contributed by atoms with Crippen LogP contribution in [-0.4, -0.2) is 37.2 Å². The maximum absolute atomic E-state index is 10.4. The Morgan fingerprint density at radius 3 is 2.85 bits per heavy atom. The van der Waals surface area contributed by atoms with E-state index in [0.29, 0.717) is 5.82 Å². The molecule has 6 nitrogen and oxygen atoms in total. The van der Waals surface area contributed by atoms with Crippen LogP contribution in [0, 0.1) is 17.0 Å². The number of aliphatic hydroxyl groups is 1. The molecule has 74 valence electrons. The van der Waals surface area contributed by atoms with Crippen LogP contribution in [0.15, 0.2) is 6.20 Å². The first-order chi connectivity index (χ1) is 5.66. The molecule has 13 heavy (non-hydrogen) atoms. The van der Waals surface area contributed by atoms with Gasteiger partial charge in [0.05, 0.1) is 6.61 Å². The van der Waals surface area contributed by atoms with Crippen LogP contribution in [0.1, 0.15) is 5.82 Å². The van der Waals surface area contributed by atoms with E-state index in [1.54, 1.807) is 6.92 Å². The van der Waals surface area contributed by atoms with Crippen molar-refractivity contribution in [1.29, 1.82) is 0 Å². The quantitative estimate of drug-likeness (QED) is 0.374. The Labute approximate surface area is 79.4 Å². The molecule has 0 unspecified atom stereocenters. The highest BCUT2D eigenvalue weighted by Crippen LogP contribution is 2.12. The molecule has 1 heterocycles. The molecule has 0 aromatic carbocycles. The van der Waals surface area contributed by atoms with Crippen molar-refractivity contribution in [2.24, 2.45) is 0 Å². The second-order valence-electron chi connectivity index (χ2n) is 2.30. The topological polar surface area (TPSA) is 81.2 Å².